The number of carbonyl (C=O) groups excluding carboxylic acids is 2. The molecule has 1 aliphatic heterocycles. The van der Waals surface area contributed by atoms with E-state index in [0.29, 0.717) is 47.8 Å². The molecule has 2 aliphatic rings. The molecule has 0 radical (unpaired) electrons. The number of hydrogen-bond acceptors (Lipinski definition) is 5. The zero-order valence-corrected chi connectivity index (χ0v) is 19.6. The van der Waals surface area contributed by atoms with Crippen molar-refractivity contribution < 1.29 is 14.3 Å². The quantitative estimate of drug-likeness (QED) is 0.552. The van der Waals surface area contributed by atoms with E-state index in [4.69, 9.17) is 4.74 Å². The Bertz CT molecular complexity index is 1290. The van der Waals surface area contributed by atoms with Gasteiger partial charge >= 0.3 is 0 Å². The minimum Gasteiger partial charge on any atom is -0.494 e. The number of anilines is 2. The van der Waals surface area contributed by atoms with Crippen molar-refractivity contribution in [3.05, 3.63) is 83.2 Å². The molecule has 1 atom stereocenters. The number of amides is 1. The molecule has 0 bridgehead atoms. The van der Waals surface area contributed by atoms with Crippen LogP contribution in [0.3, 0.4) is 0 Å². The smallest absolute Gasteiger partial charge is 0.261 e. The van der Waals surface area contributed by atoms with Gasteiger partial charge in [-0.25, -0.2) is 4.68 Å². The van der Waals surface area contributed by atoms with Crippen LogP contribution in [-0.2, 0) is 4.79 Å². The van der Waals surface area contributed by atoms with Crippen molar-refractivity contribution in [1.82, 2.24) is 9.78 Å². The Hall–Kier alpha value is -3.87. The lowest BCUT2D eigenvalue weighted by Gasteiger charge is -2.39. The zero-order valence-electron chi connectivity index (χ0n) is 19.6. The van der Waals surface area contributed by atoms with E-state index >= 15 is 0 Å². The van der Waals surface area contributed by atoms with Gasteiger partial charge in [-0.2, -0.15) is 5.10 Å². The van der Waals surface area contributed by atoms with Crippen molar-refractivity contribution in [3.63, 3.8) is 0 Å². The summed E-state index contributed by atoms with van der Waals surface area (Å²) in [5.74, 6) is 1.11. The molecule has 5 rings (SSSR count). The van der Waals surface area contributed by atoms with Gasteiger partial charge in [0, 0.05) is 28.9 Å². The minimum absolute atomic E-state index is 0.0893. The number of Topliss-reactive ketones (excluding diaryl/α,β-unsaturated/α-hetero) is 1. The number of para-hydroxylation sites is 2. The van der Waals surface area contributed by atoms with E-state index in [1.165, 1.54) is 0 Å². The van der Waals surface area contributed by atoms with Crippen molar-refractivity contribution in [3.8, 4) is 5.75 Å². The van der Waals surface area contributed by atoms with E-state index in [0.717, 1.165) is 11.3 Å². The molecule has 2 aromatic carbocycles. The summed E-state index contributed by atoms with van der Waals surface area (Å²) < 4.78 is 7.66. The van der Waals surface area contributed by atoms with Crippen molar-refractivity contribution in [1.29, 1.82) is 0 Å². The fraction of sp³-hybridized carbons (Fsp3) is 0.296. The second-order valence-electron chi connectivity index (χ2n) is 9.50. The lowest BCUT2D eigenvalue weighted by molar-refractivity contribution is -0.118. The summed E-state index contributed by atoms with van der Waals surface area (Å²) >= 11 is 0. The molecule has 34 heavy (non-hydrogen) atoms. The lowest BCUT2D eigenvalue weighted by atomic mass is 9.73. The second-order valence-corrected chi connectivity index (χ2v) is 9.50. The molecule has 0 fully saturated rings. The number of nitrogens with one attached hydrogen (secondary N) is 2. The van der Waals surface area contributed by atoms with Crippen LogP contribution in [0, 0.1) is 5.41 Å². The van der Waals surface area contributed by atoms with E-state index in [1.54, 1.807) is 10.9 Å². The number of ether oxygens (including phenoxy) is 1. The Balaban J connectivity index is 1.63. The molecule has 174 valence electrons. The minimum atomic E-state index is -0.476. The number of hydrogen-bond donors (Lipinski definition) is 2. The summed E-state index contributed by atoms with van der Waals surface area (Å²) in [4.78, 5) is 26.6. The van der Waals surface area contributed by atoms with Gasteiger partial charge in [0.05, 0.1) is 12.8 Å². The van der Waals surface area contributed by atoms with Crippen LogP contribution in [0.1, 0.15) is 55.6 Å². The van der Waals surface area contributed by atoms with Gasteiger partial charge in [0.1, 0.15) is 23.2 Å². The highest BCUT2D eigenvalue weighted by molar-refractivity contribution is 6.08. The van der Waals surface area contributed by atoms with Crippen LogP contribution < -0.4 is 15.4 Å². The Morgan fingerprint density at radius 2 is 1.88 bits per heavy atom. The molecule has 1 aromatic heterocycles. The summed E-state index contributed by atoms with van der Waals surface area (Å²) in [7, 11) is 0. The molecule has 1 amide bonds. The number of allylic oxidation sites excluding steroid dienone is 2. The topological polar surface area (TPSA) is 85.2 Å². The number of benzene rings is 2. The molecule has 2 heterocycles. The van der Waals surface area contributed by atoms with Crippen LogP contribution in [0.2, 0.25) is 0 Å². The first-order valence-electron chi connectivity index (χ1n) is 11.6. The van der Waals surface area contributed by atoms with Gasteiger partial charge in [0.2, 0.25) is 0 Å². The van der Waals surface area contributed by atoms with Crippen LogP contribution in [0.25, 0.3) is 0 Å². The standard InChI is InChI=1S/C27H28N4O3/c1-4-34-22-13-9-8-12-18(22)24-23-20(14-27(2,3)15-21(23)32)30-25-19(16-28-31(24)25)26(33)29-17-10-6-5-7-11-17/h5-13,16,24,30H,4,14-15H2,1-3H3,(H,29,33). The first-order chi connectivity index (χ1) is 16.4. The second kappa shape index (κ2) is 8.48. The highest BCUT2D eigenvalue weighted by Gasteiger charge is 2.43. The van der Waals surface area contributed by atoms with E-state index < -0.39 is 6.04 Å². The molecule has 7 heteroatoms. The summed E-state index contributed by atoms with van der Waals surface area (Å²) in [6.45, 7) is 6.62. The highest BCUT2D eigenvalue weighted by atomic mass is 16.5. The van der Waals surface area contributed by atoms with E-state index in [-0.39, 0.29) is 17.1 Å². The summed E-state index contributed by atoms with van der Waals surface area (Å²) in [5.41, 5.74) is 3.34. The summed E-state index contributed by atoms with van der Waals surface area (Å²) in [6, 6.07) is 16.6. The monoisotopic (exact) mass is 456 g/mol. The molecule has 3 aromatic rings. The molecule has 1 unspecified atom stereocenters. The van der Waals surface area contributed by atoms with Crippen LogP contribution in [0.5, 0.6) is 5.75 Å². The van der Waals surface area contributed by atoms with Gasteiger partial charge in [-0.3, -0.25) is 9.59 Å². The number of nitrogens with zero attached hydrogens (tertiary/aromatic N) is 2. The molecular formula is C27H28N4O3. The number of carbonyl (C=O) groups is 2. The van der Waals surface area contributed by atoms with Gasteiger partial charge in [0.15, 0.2) is 5.78 Å². The Morgan fingerprint density at radius 1 is 1.15 bits per heavy atom. The molecule has 0 saturated heterocycles. The predicted molar refractivity (Wildman–Crippen MR) is 131 cm³/mol. The van der Waals surface area contributed by atoms with E-state index in [2.05, 4.69) is 29.6 Å². The van der Waals surface area contributed by atoms with E-state index in [9.17, 15) is 9.59 Å². The predicted octanol–water partition coefficient (Wildman–Crippen LogP) is 5.19. The average molecular weight is 457 g/mol. The van der Waals surface area contributed by atoms with Gasteiger partial charge in [0.25, 0.3) is 5.91 Å². The third kappa shape index (κ3) is 3.87. The largest absolute Gasteiger partial charge is 0.494 e. The molecule has 2 N–H and O–H groups in total. The Morgan fingerprint density at radius 3 is 2.65 bits per heavy atom. The first kappa shape index (κ1) is 21.9. The number of rotatable bonds is 5. The lowest BCUT2D eigenvalue weighted by Crippen LogP contribution is -2.37. The third-order valence-electron chi connectivity index (χ3n) is 6.29. The molecule has 0 spiro atoms. The van der Waals surface area contributed by atoms with Crippen molar-refractivity contribution >= 4 is 23.2 Å². The normalized spacial score (nSPS) is 18.6. The van der Waals surface area contributed by atoms with Crippen molar-refractivity contribution in [2.45, 2.75) is 39.7 Å². The number of fused-ring (bicyclic) bond motifs is 1. The van der Waals surface area contributed by atoms with Crippen LogP contribution in [0.4, 0.5) is 11.5 Å². The molecule has 1 aliphatic carbocycles. The third-order valence-corrected chi connectivity index (χ3v) is 6.29. The maximum absolute atomic E-state index is 13.4. The fourth-order valence-corrected chi connectivity index (χ4v) is 4.88. The van der Waals surface area contributed by atoms with Crippen LogP contribution in [-0.4, -0.2) is 28.1 Å². The van der Waals surface area contributed by atoms with Crippen molar-refractivity contribution in [2.24, 2.45) is 5.41 Å². The van der Waals surface area contributed by atoms with Gasteiger partial charge in [-0.05, 0) is 37.0 Å². The van der Waals surface area contributed by atoms with Gasteiger partial charge in [-0.1, -0.05) is 50.2 Å². The Labute approximate surface area is 198 Å². The maximum Gasteiger partial charge on any atom is 0.261 e. The highest BCUT2D eigenvalue weighted by Crippen LogP contribution is 2.47. The fourth-order valence-electron chi connectivity index (χ4n) is 4.88. The Kier molecular flexibility index (Phi) is 5.48. The van der Waals surface area contributed by atoms with Crippen LogP contribution >= 0.6 is 0 Å². The maximum atomic E-state index is 13.4. The van der Waals surface area contributed by atoms with E-state index in [1.807, 2.05) is 61.5 Å². The SMILES string of the molecule is CCOc1ccccc1C1C2=C(CC(C)(C)CC2=O)Nc2c(C(=O)Nc3ccccc3)cnn21. The average Bonchev–Trinajstić information content (AvgIpc) is 3.22. The van der Waals surface area contributed by atoms with Crippen LogP contribution in [0.15, 0.2) is 72.1 Å². The molecular weight excluding hydrogens is 428 g/mol. The first-order valence-corrected chi connectivity index (χ1v) is 11.6. The molecule has 7 nitrogen and oxygen atoms in total. The number of aromatic nitrogens is 2. The summed E-state index contributed by atoms with van der Waals surface area (Å²) in [6.07, 6.45) is 2.72. The van der Waals surface area contributed by atoms with Gasteiger partial charge < -0.3 is 15.4 Å². The van der Waals surface area contributed by atoms with Gasteiger partial charge in [-0.15, -0.1) is 0 Å². The zero-order chi connectivity index (χ0) is 23.9. The molecule has 0 saturated carbocycles. The number of ketones is 1. The summed E-state index contributed by atoms with van der Waals surface area (Å²) in [5, 5.41) is 10.9. The van der Waals surface area contributed by atoms with Crippen molar-refractivity contribution in [2.75, 3.05) is 17.2 Å².